The Morgan fingerprint density at radius 1 is 1.20 bits per heavy atom. The lowest BCUT2D eigenvalue weighted by Crippen LogP contribution is -2.21. The van der Waals surface area contributed by atoms with Crippen LogP contribution < -0.4 is 0 Å². The summed E-state index contributed by atoms with van der Waals surface area (Å²) in [6.45, 7) is 5.69. The van der Waals surface area contributed by atoms with Crippen molar-refractivity contribution in [3.63, 3.8) is 0 Å². The number of halogens is 2. The largest absolute Gasteiger partial charge is 0.491 e. The van der Waals surface area contributed by atoms with Crippen LogP contribution >= 0.6 is 23.2 Å². The molecule has 3 nitrogen and oxygen atoms in total. The maximum Gasteiger partial charge on any atom is 0.182 e. The van der Waals surface area contributed by atoms with Crippen LogP contribution in [0, 0.1) is 5.92 Å². The van der Waals surface area contributed by atoms with E-state index in [2.05, 4.69) is 0 Å². The summed E-state index contributed by atoms with van der Waals surface area (Å²) in [6, 6.07) is 6.56. The van der Waals surface area contributed by atoms with Crippen LogP contribution in [-0.2, 0) is 14.6 Å². The zero-order chi connectivity index (χ0) is 18.6. The first kappa shape index (κ1) is 20.3. The summed E-state index contributed by atoms with van der Waals surface area (Å²) in [6.07, 6.45) is 6.84. The summed E-state index contributed by atoms with van der Waals surface area (Å²) in [5, 5.41) is -0.273. The highest BCUT2D eigenvalue weighted by Gasteiger charge is 2.26. The lowest BCUT2D eigenvalue weighted by Gasteiger charge is -2.22. The Balaban J connectivity index is 1.93. The Kier molecular flexibility index (Phi) is 7.01. The molecule has 4 atom stereocenters. The van der Waals surface area contributed by atoms with Gasteiger partial charge in [-0.25, -0.2) is 8.42 Å². The van der Waals surface area contributed by atoms with Crippen molar-refractivity contribution in [3.8, 4) is 0 Å². The van der Waals surface area contributed by atoms with E-state index in [1.165, 1.54) is 0 Å². The summed E-state index contributed by atoms with van der Waals surface area (Å²) in [5.74, 6) is 1.01. The van der Waals surface area contributed by atoms with Crippen molar-refractivity contribution in [1.82, 2.24) is 0 Å². The van der Waals surface area contributed by atoms with E-state index in [-0.39, 0.29) is 27.3 Å². The van der Waals surface area contributed by atoms with E-state index in [0.717, 1.165) is 5.76 Å². The minimum atomic E-state index is -3.45. The number of allylic oxidation sites excluding steroid dienone is 3. The fourth-order valence-corrected chi connectivity index (χ4v) is 4.75. The molecule has 1 aromatic carbocycles. The summed E-state index contributed by atoms with van der Waals surface area (Å²) >= 11 is 12.2. The second kappa shape index (κ2) is 8.61. The summed E-state index contributed by atoms with van der Waals surface area (Å²) in [7, 11) is -3.45. The van der Waals surface area contributed by atoms with E-state index in [1.54, 1.807) is 31.2 Å². The van der Waals surface area contributed by atoms with Crippen LogP contribution in [0.25, 0.3) is 0 Å². The van der Waals surface area contributed by atoms with E-state index in [9.17, 15) is 8.42 Å². The van der Waals surface area contributed by atoms with Gasteiger partial charge in [0.1, 0.15) is 5.76 Å². The van der Waals surface area contributed by atoms with Gasteiger partial charge in [0, 0.05) is 0 Å². The minimum Gasteiger partial charge on any atom is -0.491 e. The van der Waals surface area contributed by atoms with Crippen LogP contribution in [0.3, 0.4) is 0 Å². The van der Waals surface area contributed by atoms with Gasteiger partial charge in [0.15, 0.2) is 9.84 Å². The molecule has 0 fully saturated rings. The molecule has 0 saturated carbocycles. The Hall–Kier alpha value is -0.970. The fraction of sp³-hybridized carbons (Fsp3) is 0.474. The van der Waals surface area contributed by atoms with Gasteiger partial charge < -0.3 is 4.74 Å². The van der Waals surface area contributed by atoms with Crippen molar-refractivity contribution in [2.75, 3.05) is 0 Å². The number of rotatable bonds is 7. The first-order chi connectivity index (χ1) is 11.7. The summed E-state index contributed by atoms with van der Waals surface area (Å²) in [5.41, 5.74) is 0. The topological polar surface area (TPSA) is 43.4 Å². The number of sulfone groups is 1. The van der Waals surface area contributed by atoms with E-state index < -0.39 is 15.1 Å². The van der Waals surface area contributed by atoms with Crippen LogP contribution in [0.4, 0.5) is 0 Å². The van der Waals surface area contributed by atoms with Gasteiger partial charge in [0.2, 0.25) is 0 Å². The van der Waals surface area contributed by atoms with E-state index >= 15 is 0 Å². The number of ether oxygens (including phenoxy) is 1. The lowest BCUT2D eigenvalue weighted by molar-refractivity contribution is 0.128. The van der Waals surface area contributed by atoms with Crippen molar-refractivity contribution in [3.05, 3.63) is 53.3 Å². The van der Waals surface area contributed by atoms with Crippen molar-refractivity contribution >= 4 is 33.0 Å². The Morgan fingerprint density at radius 3 is 2.52 bits per heavy atom. The van der Waals surface area contributed by atoms with Crippen molar-refractivity contribution in [2.45, 2.75) is 55.2 Å². The SMILES string of the molecule is CC(CCC(C)S(=O)(=O)c1ccccc1Cl)OC1=CC(C)C(Cl)C=C1. The fourth-order valence-electron chi connectivity index (χ4n) is 2.66. The third-order valence-corrected chi connectivity index (χ3v) is 7.61. The second-order valence-electron chi connectivity index (χ2n) is 6.52. The molecule has 25 heavy (non-hydrogen) atoms. The molecule has 0 spiro atoms. The van der Waals surface area contributed by atoms with Gasteiger partial charge in [0.25, 0.3) is 0 Å². The van der Waals surface area contributed by atoms with Gasteiger partial charge in [-0.3, -0.25) is 0 Å². The Bertz CT molecular complexity index is 756. The van der Waals surface area contributed by atoms with Gasteiger partial charge in [-0.1, -0.05) is 36.7 Å². The van der Waals surface area contributed by atoms with Crippen LogP contribution in [0.1, 0.15) is 33.6 Å². The molecule has 0 aromatic heterocycles. The molecule has 6 heteroatoms. The molecule has 0 amide bonds. The summed E-state index contributed by atoms with van der Waals surface area (Å²) in [4.78, 5) is 0.192. The summed E-state index contributed by atoms with van der Waals surface area (Å²) < 4.78 is 31.2. The molecule has 0 heterocycles. The standard InChI is InChI=1S/C19H24Cl2O3S/c1-13-12-16(10-11-17(13)20)24-14(2)8-9-15(3)25(22,23)19-7-5-4-6-18(19)21/h4-7,10-15,17H,8-9H2,1-3H3. The lowest BCUT2D eigenvalue weighted by atomic mass is 10.0. The highest BCUT2D eigenvalue weighted by atomic mass is 35.5. The van der Waals surface area contributed by atoms with Crippen molar-refractivity contribution in [2.24, 2.45) is 5.92 Å². The van der Waals surface area contributed by atoms with Crippen molar-refractivity contribution < 1.29 is 13.2 Å². The van der Waals surface area contributed by atoms with E-state index in [0.29, 0.717) is 12.8 Å². The second-order valence-corrected chi connectivity index (χ2v) is 9.77. The third-order valence-electron chi connectivity index (χ3n) is 4.36. The average Bonchev–Trinajstić information content (AvgIpc) is 2.56. The van der Waals surface area contributed by atoms with Gasteiger partial charge in [0.05, 0.1) is 26.6 Å². The molecule has 0 aliphatic heterocycles. The first-order valence-corrected chi connectivity index (χ1v) is 10.8. The maximum atomic E-state index is 12.7. The monoisotopic (exact) mass is 402 g/mol. The highest BCUT2D eigenvalue weighted by Crippen LogP contribution is 2.27. The zero-order valence-electron chi connectivity index (χ0n) is 14.7. The molecule has 0 radical (unpaired) electrons. The van der Waals surface area contributed by atoms with E-state index in [4.69, 9.17) is 27.9 Å². The number of benzene rings is 1. The third kappa shape index (κ3) is 5.25. The van der Waals surface area contributed by atoms with E-state index in [1.807, 2.05) is 32.1 Å². The Labute approximate surface area is 160 Å². The van der Waals surface area contributed by atoms with Crippen LogP contribution in [0.5, 0.6) is 0 Å². The quantitative estimate of drug-likeness (QED) is 0.574. The van der Waals surface area contributed by atoms with Crippen LogP contribution in [-0.4, -0.2) is 25.1 Å². The predicted molar refractivity (Wildman–Crippen MR) is 104 cm³/mol. The van der Waals surface area contributed by atoms with Crippen LogP contribution in [0.15, 0.2) is 53.1 Å². The first-order valence-electron chi connectivity index (χ1n) is 8.41. The molecule has 0 N–H and O–H groups in total. The minimum absolute atomic E-state index is 0.0107. The highest BCUT2D eigenvalue weighted by molar-refractivity contribution is 7.92. The van der Waals surface area contributed by atoms with Crippen molar-refractivity contribution in [1.29, 1.82) is 0 Å². The molecule has 138 valence electrons. The number of alkyl halides is 1. The molecule has 0 saturated heterocycles. The molecule has 1 aliphatic carbocycles. The molecule has 0 bridgehead atoms. The molecule has 2 rings (SSSR count). The average molecular weight is 403 g/mol. The number of hydrogen-bond acceptors (Lipinski definition) is 3. The zero-order valence-corrected chi connectivity index (χ0v) is 17.0. The molecule has 1 aliphatic rings. The van der Waals surface area contributed by atoms with Gasteiger partial charge in [-0.15, -0.1) is 11.6 Å². The molecule has 1 aromatic rings. The van der Waals surface area contributed by atoms with Gasteiger partial charge in [-0.2, -0.15) is 0 Å². The molecular formula is C19H24Cl2O3S. The molecular weight excluding hydrogens is 379 g/mol. The smallest absolute Gasteiger partial charge is 0.182 e. The van der Waals surface area contributed by atoms with Gasteiger partial charge in [-0.05, 0) is 56.9 Å². The van der Waals surface area contributed by atoms with Crippen LogP contribution in [0.2, 0.25) is 5.02 Å². The maximum absolute atomic E-state index is 12.7. The number of hydrogen-bond donors (Lipinski definition) is 0. The Morgan fingerprint density at radius 2 is 1.88 bits per heavy atom. The van der Waals surface area contributed by atoms with Gasteiger partial charge >= 0.3 is 0 Å². The molecule has 4 unspecified atom stereocenters. The normalized spacial score (nSPS) is 23.0. The predicted octanol–water partition coefficient (Wildman–Crippen LogP) is 5.38.